The highest BCUT2D eigenvalue weighted by Crippen LogP contribution is 2.30. The number of aromatic nitrogens is 1. The number of nitrogen functional groups attached to an aromatic ring is 1. The van der Waals surface area contributed by atoms with Crippen LogP contribution in [0, 0.1) is 10.1 Å². The van der Waals surface area contributed by atoms with Crippen LogP contribution in [-0.2, 0) is 0 Å². The highest BCUT2D eigenvalue weighted by Gasteiger charge is 2.16. The summed E-state index contributed by atoms with van der Waals surface area (Å²) in [5.74, 6) is 0. The minimum Gasteiger partial charge on any atom is -0.465 e. The van der Waals surface area contributed by atoms with Gasteiger partial charge in [0.2, 0.25) is 0 Å². The fourth-order valence-corrected chi connectivity index (χ4v) is 2.30. The second-order valence-corrected chi connectivity index (χ2v) is 5.02. The molecule has 4 N–H and O–H groups in total. The van der Waals surface area contributed by atoms with Gasteiger partial charge in [-0.2, -0.15) is 0 Å². The molecule has 0 unspecified atom stereocenters. The zero-order chi connectivity index (χ0) is 17.7. The maximum Gasteiger partial charge on any atom is 0.405 e. The summed E-state index contributed by atoms with van der Waals surface area (Å²) in [5, 5.41) is 22.1. The Morgan fingerprint density at radius 2 is 2.21 bits per heavy atom. The van der Waals surface area contributed by atoms with Crippen LogP contribution in [0.2, 0.25) is 0 Å². The molecule has 0 radical (unpaired) electrons. The zero-order valence-electron chi connectivity index (χ0n) is 12.7. The maximum absolute atomic E-state index is 10.9. The first-order valence-corrected chi connectivity index (χ1v) is 7.03. The fourth-order valence-electron chi connectivity index (χ4n) is 2.30. The van der Waals surface area contributed by atoms with E-state index >= 15 is 0 Å². The van der Waals surface area contributed by atoms with Crippen molar-refractivity contribution in [1.29, 1.82) is 0 Å². The lowest BCUT2D eigenvalue weighted by atomic mass is 10.0. The molecule has 0 spiro atoms. The van der Waals surface area contributed by atoms with Crippen molar-refractivity contribution in [2.45, 2.75) is 12.5 Å². The molecule has 8 nitrogen and oxygen atoms in total. The van der Waals surface area contributed by atoms with Gasteiger partial charge >= 0.3 is 6.09 Å². The second kappa shape index (κ2) is 7.23. The lowest BCUT2D eigenvalue weighted by Gasteiger charge is -2.16. The molecule has 1 aromatic carbocycles. The predicted octanol–water partition coefficient (Wildman–Crippen LogP) is 3.12. The summed E-state index contributed by atoms with van der Waals surface area (Å²) in [7, 11) is 0. The van der Waals surface area contributed by atoms with E-state index in [1.807, 2.05) is 0 Å². The molecular formula is C16H16N4O4. The molecule has 0 aliphatic heterocycles. The second-order valence-electron chi connectivity index (χ2n) is 5.02. The Bertz CT molecular complexity index is 791. The van der Waals surface area contributed by atoms with Gasteiger partial charge in [0.15, 0.2) is 0 Å². The third-order valence-corrected chi connectivity index (χ3v) is 3.40. The van der Waals surface area contributed by atoms with E-state index in [4.69, 9.17) is 10.8 Å². The van der Waals surface area contributed by atoms with Crippen molar-refractivity contribution >= 4 is 17.5 Å². The first-order valence-electron chi connectivity index (χ1n) is 7.03. The summed E-state index contributed by atoms with van der Waals surface area (Å²) in [6.07, 6.45) is 2.34. The fraction of sp³-hybridized carbons (Fsp3) is 0.125. The highest BCUT2D eigenvalue weighted by molar-refractivity contribution is 5.78. The van der Waals surface area contributed by atoms with E-state index in [1.165, 1.54) is 18.3 Å². The lowest BCUT2D eigenvalue weighted by Crippen LogP contribution is -2.27. The number of rotatable bonds is 6. The average molecular weight is 328 g/mol. The Hall–Kier alpha value is -3.42. The number of nitrogens with one attached hydrogen (secondary N) is 1. The molecular weight excluding hydrogens is 312 g/mol. The Balaban J connectivity index is 2.41. The van der Waals surface area contributed by atoms with Crippen molar-refractivity contribution in [3.8, 4) is 11.1 Å². The van der Waals surface area contributed by atoms with E-state index in [2.05, 4.69) is 16.9 Å². The van der Waals surface area contributed by atoms with E-state index in [1.54, 1.807) is 24.3 Å². The van der Waals surface area contributed by atoms with E-state index in [0.29, 0.717) is 23.2 Å². The smallest absolute Gasteiger partial charge is 0.405 e. The van der Waals surface area contributed by atoms with Gasteiger partial charge in [-0.1, -0.05) is 6.08 Å². The number of hydrogen-bond donors (Lipinski definition) is 3. The number of hydrogen-bond acceptors (Lipinski definition) is 5. The topological polar surface area (TPSA) is 131 Å². The number of benzene rings is 1. The largest absolute Gasteiger partial charge is 0.465 e. The van der Waals surface area contributed by atoms with Crippen molar-refractivity contribution in [2.24, 2.45) is 0 Å². The van der Waals surface area contributed by atoms with Gasteiger partial charge in [-0.15, -0.1) is 6.58 Å². The highest BCUT2D eigenvalue weighted by atomic mass is 16.6. The summed E-state index contributed by atoms with van der Waals surface area (Å²) in [4.78, 5) is 25.4. The lowest BCUT2D eigenvalue weighted by molar-refractivity contribution is -0.384. The third-order valence-electron chi connectivity index (χ3n) is 3.40. The van der Waals surface area contributed by atoms with Crippen molar-refractivity contribution < 1.29 is 14.8 Å². The quantitative estimate of drug-likeness (QED) is 0.323. The van der Waals surface area contributed by atoms with Crippen molar-refractivity contribution in [3.63, 3.8) is 0 Å². The molecule has 2 aromatic rings. The summed E-state index contributed by atoms with van der Waals surface area (Å²) in [5.41, 5.74) is 7.87. The number of anilines is 1. The Morgan fingerprint density at radius 3 is 2.79 bits per heavy atom. The van der Waals surface area contributed by atoms with Gasteiger partial charge in [0.25, 0.3) is 5.69 Å². The number of nitro groups is 1. The number of carboxylic acid groups (broad SMARTS) is 1. The standard InChI is InChI=1S/C16H16N4O4/c1-2-3-14(19-16(21)22)15-8-10(6-7-18-15)12-5-4-11(20(23)24)9-13(12)17/h2,4-9,14,19H,1,3,17H2,(H,21,22)/t14-/m0/s1. The third kappa shape index (κ3) is 3.86. The van der Waals surface area contributed by atoms with Gasteiger partial charge in [0.05, 0.1) is 16.7 Å². The van der Waals surface area contributed by atoms with Crippen LogP contribution in [0.25, 0.3) is 11.1 Å². The average Bonchev–Trinajstić information content (AvgIpc) is 2.54. The summed E-state index contributed by atoms with van der Waals surface area (Å²) < 4.78 is 0. The van der Waals surface area contributed by atoms with Gasteiger partial charge in [0.1, 0.15) is 0 Å². The van der Waals surface area contributed by atoms with Crippen LogP contribution in [-0.4, -0.2) is 21.1 Å². The van der Waals surface area contributed by atoms with Crippen LogP contribution >= 0.6 is 0 Å². The van der Waals surface area contributed by atoms with Crippen molar-refractivity contribution in [1.82, 2.24) is 10.3 Å². The number of pyridine rings is 1. The molecule has 0 fully saturated rings. The summed E-state index contributed by atoms with van der Waals surface area (Å²) >= 11 is 0. The molecule has 0 bridgehead atoms. The van der Waals surface area contributed by atoms with E-state index in [0.717, 1.165) is 0 Å². The van der Waals surface area contributed by atoms with Crippen LogP contribution in [0.15, 0.2) is 49.2 Å². The van der Waals surface area contributed by atoms with Crippen molar-refractivity contribution in [3.05, 3.63) is 65.0 Å². The monoisotopic (exact) mass is 328 g/mol. The molecule has 1 aromatic heterocycles. The van der Waals surface area contributed by atoms with Crippen LogP contribution in [0.3, 0.4) is 0 Å². The van der Waals surface area contributed by atoms with Crippen LogP contribution in [0.4, 0.5) is 16.2 Å². The molecule has 1 amide bonds. The van der Waals surface area contributed by atoms with Crippen LogP contribution in [0.5, 0.6) is 0 Å². The molecule has 2 rings (SSSR count). The number of nitro benzene ring substituents is 1. The van der Waals surface area contributed by atoms with E-state index in [-0.39, 0.29) is 11.4 Å². The van der Waals surface area contributed by atoms with Gasteiger partial charge in [-0.05, 0) is 30.2 Å². The SMILES string of the molecule is C=CC[C@H](NC(=O)O)c1cc(-c2ccc([N+](=O)[O-])cc2N)ccn1. The van der Waals surface area contributed by atoms with Crippen LogP contribution < -0.4 is 11.1 Å². The Morgan fingerprint density at radius 1 is 1.46 bits per heavy atom. The molecule has 0 saturated heterocycles. The predicted molar refractivity (Wildman–Crippen MR) is 89.5 cm³/mol. The molecule has 124 valence electrons. The maximum atomic E-state index is 10.9. The van der Waals surface area contributed by atoms with E-state index < -0.39 is 17.1 Å². The molecule has 24 heavy (non-hydrogen) atoms. The minimum absolute atomic E-state index is 0.0948. The number of amides is 1. The first-order chi connectivity index (χ1) is 11.4. The molecule has 8 heteroatoms. The number of nitrogens with two attached hydrogens (primary N) is 1. The van der Waals surface area contributed by atoms with Gasteiger partial charge in [0, 0.05) is 29.6 Å². The zero-order valence-corrected chi connectivity index (χ0v) is 12.7. The first kappa shape index (κ1) is 16.9. The molecule has 0 aliphatic rings. The van der Waals surface area contributed by atoms with Gasteiger partial charge < -0.3 is 16.2 Å². The molecule has 1 atom stereocenters. The molecule has 1 heterocycles. The van der Waals surface area contributed by atoms with E-state index in [9.17, 15) is 14.9 Å². The van der Waals surface area contributed by atoms with Crippen molar-refractivity contribution in [2.75, 3.05) is 5.73 Å². The summed E-state index contributed by atoms with van der Waals surface area (Å²) in [6, 6.07) is 7.06. The molecule has 0 saturated carbocycles. The van der Waals surface area contributed by atoms with Crippen LogP contribution in [0.1, 0.15) is 18.2 Å². The van der Waals surface area contributed by atoms with Gasteiger partial charge in [-0.25, -0.2) is 4.79 Å². The molecule has 0 aliphatic carbocycles. The number of nitrogens with zero attached hydrogens (tertiary/aromatic N) is 2. The minimum atomic E-state index is -1.16. The normalized spacial score (nSPS) is 11.5. The number of non-ortho nitro benzene ring substituents is 1. The number of carbonyl (C=O) groups is 1. The Kier molecular flexibility index (Phi) is 5.10. The summed E-state index contributed by atoms with van der Waals surface area (Å²) in [6.45, 7) is 3.61. The Labute approximate surface area is 137 Å². The van der Waals surface area contributed by atoms with Gasteiger partial charge in [-0.3, -0.25) is 15.1 Å².